The van der Waals surface area contributed by atoms with Crippen LogP contribution in [0, 0.1) is 13.8 Å². The molecule has 0 aliphatic heterocycles. The van der Waals surface area contributed by atoms with Gasteiger partial charge in [0, 0.05) is 5.69 Å². The molecule has 0 fully saturated rings. The summed E-state index contributed by atoms with van der Waals surface area (Å²) in [5, 5.41) is 3.32. The van der Waals surface area contributed by atoms with Crippen LogP contribution >= 0.6 is 0 Å². The van der Waals surface area contributed by atoms with Crippen molar-refractivity contribution in [2.45, 2.75) is 13.8 Å². The minimum atomic E-state index is 0.534. The minimum absolute atomic E-state index is 0.534. The number of nitrogen functional groups attached to an aromatic ring is 1. The fourth-order valence-corrected chi connectivity index (χ4v) is 1.51. The number of anilines is 3. The highest BCUT2D eigenvalue weighted by Crippen LogP contribution is 2.21. The van der Waals surface area contributed by atoms with E-state index >= 15 is 0 Å². The Morgan fingerprint density at radius 1 is 1.12 bits per heavy atom. The van der Waals surface area contributed by atoms with Gasteiger partial charge in [0.2, 0.25) is 0 Å². The minimum Gasteiger partial charge on any atom is -0.384 e. The summed E-state index contributed by atoms with van der Waals surface area (Å²) in [7, 11) is 0. The molecule has 1 heterocycles. The first-order valence-corrected chi connectivity index (χ1v) is 5.21. The van der Waals surface area contributed by atoms with Crippen molar-refractivity contribution in [1.29, 1.82) is 0 Å². The number of aromatic nitrogens is 1. The first kappa shape index (κ1) is 10.5. The summed E-state index contributed by atoms with van der Waals surface area (Å²) in [6, 6.07) is 10.0. The normalized spacial score (nSPS) is 10.1. The van der Waals surface area contributed by atoms with E-state index in [1.54, 1.807) is 12.3 Å². The molecular formula is C13H15N3. The lowest BCUT2D eigenvalue weighted by Gasteiger charge is -2.10. The molecule has 0 aliphatic carbocycles. The van der Waals surface area contributed by atoms with Gasteiger partial charge in [0.25, 0.3) is 0 Å². The molecule has 0 unspecified atom stereocenters. The summed E-state index contributed by atoms with van der Waals surface area (Å²) in [4.78, 5) is 4.04. The summed E-state index contributed by atoms with van der Waals surface area (Å²) in [6.45, 7) is 4.15. The lowest BCUT2D eigenvalue weighted by atomic mass is 10.1. The van der Waals surface area contributed by atoms with E-state index in [2.05, 4.69) is 42.3 Å². The van der Waals surface area contributed by atoms with Gasteiger partial charge in [0.15, 0.2) is 0 Å². The predicted octanol–water partition coefficient (Wildman–Crippen LogP) is 3.02. The fourth-order valence-electron chi connectivity index (χ4n) is 1.51. The molecule has 2 aromatic rings. The summed E-state index contributed by atoms with van der Waals surface area (Å²) in [5.74, 6) is 0.534. The molecule has 0 amide bonds. The molecule has 16 heavy (non-hydrogen) atoms. The molecule has 82 valence electrons. The van der Waals surface area contributed by atoms with Crippen LogP contribution in [0.5, 0.6) is 0 Å². The highest BCUT2D eigenvalue weighted by atomic mass is 14.9. The maximum absolute atomic E-state index is 5.54. The number of pyridine rings is 1. The quantitative estimate of drug-likeness (QED) is 0.806. The number of benzene rings is 1. The van der Waals surface area contributed by atoms with Gasteiger partial charge in [0.05, 0.1) is 11.9 Å². The Labute approximate surface area is 95.3 Å². The predicted molar refractivity (Wildman–Crippen MR) is 67.8 cm³/mol. The number of rotatable bonds is 2. The number of hydrogen-bond donors (Lipinski definition) is 2. The highest BCUT2D eigenvalue weighted by Gasteiger charge is 1.99. The van der Waals surface area contributed by atoms with Crippen molar-refractivity contribution in [2.75, 3.05) is 11.1 Å². The van der Waals surface area contributed by atoms with Crippen molar-refractivity contribution in [3.05, 3.63) is 47.7 Å². The molecule has 1 aromatic heterocycles. The lowest BCUT2D eigenvalue weighted by Crippen LogP contribution is -1.95. The van der Waals surface area contributed by atoms with Gasteiger partial charge in [-0.25, -0.2) is 4.98 Å². The van der Waals surface area contributed by atoms with Crippen LogP contribution < -0.4 is 11.1 Å². The molecule has 0 spiro atoms. The smallest absolute Gasteiger partial charge is 0.123 e. The first-order chi connectivity index (χ1) is 7.65. The lowest BCUT2D eigenvalue weighted by molar-refractivity contribution is 1.31. The summed E-state index contributed by atoms with van der Waals surface area (Å²) >= 11 is 0. The van der Waals surface area contributed by atoms with Crippen LogP contribution in [0.3, 0.4) is 0 Å². The number of nitrogens with one attached hydrogen (secondary N) is 1. The molecule has 3 heteroatoms. The Kier molecular flexibility index (Phi) is 2.77. The van der Waals surface area contributed by atoms with Gasteiger partial charge in [-0.15, -0.1) is 0 Å². The molecule has 1 aromatic carbocycles. The van der Waals surface area contributed by atoms with Gasteiger partial charge >= 0.3 is 0 Å². The van der Waals surface area contributed by atoms with Crippen LogP contribution in [0.2, 0.25) is 0 Å². The molecule has 0 saturated carbocycles. The van der Waals surface area contributed by atoms with Crippen molar-refractivity contribution in [3.8, 4) is 0 Å². The van der Waals surface area contributed by atoms with Gasteiger partial charge in [-0.05, 0) is 43.2 Å². The van der Waals surface area contributed by atoms with Crippen molar-refractivity contribution in [2.24, 2.45) is 0 Å². The number of nitrogens with zero attached hydrogens (tertiary/aromatic N) is 1. The third kappa shape index (κ3) is 2.31. The Bertz CT molecular complexity index is 489. The van der Waals surface area contributed by atoms with Crippen LogP contribution in [0.4, 0.5) is 17.2 Å². The molecule has 0 bridgehead atoms. The molecule has 0 atom stereocenters. The molecule has 3 N–H and O–H groups in total. The van der Waals surface area contributed by atoms with Crippen LogP contribution in [0.15, 0.2) is 36.5 Å². The Morgan fingerprint density at radius 3 is 2.62 bits per heavy atom. The van der Waals surface area contributed by atoms with Crippen molar-refractivity contribution < 1.29 is 0 Å². The zero-order valence-corrected chi connectivity index (χ0v) is 9.49. The maximum Gasteiger partial charge on any atom is 0.123 e. The van der Waals surface area contributed by atoms with Crippen LogP contribution in [-0.4, -0.2) is 4.98 Å². The van der Waals surface area contributed by atoms with Gasteiger partial charge in [-0.2, -0.15) is 0 Å². The number of hydrogen-bond acceptors (Lipinski definition) is 3. The van der Waals surface area contributed by atoms with Gasteiger partial charge in [0.1, 0.15) is 5.82 Å². The Morgan fingerprint density at radius 2 is 1.94 bits per heavy atom. The average molecular weight is 213 g/mol. The first-order valence-electron chi connectivity index (χ1n) is 5.21. The van der Waals surface area contributed by atoms with E-state index in [0.717, 1.165) is 11.4 Å². The fraction of sp³-hybridized carbons (Fsp3) is 0.154. The second-order valence-electron chi connectivity index (χ2n) is 3.92. The maximum atomic E-state index is 5.54. The standard InChI is InChI=1S/C13H15N3/c1-9-3-4-10(2)12(7-9)16-11-5-6-13(14)15-8-11/h3-8,16H,1-2H3,(H2,14,15). The number of aryl methyl sites for hydroxylation is 2. The summed E-state index contributed by atoms with van der Waals surface area (Å²) in [5.41, 5.74) is 10.0. The van der Waals surface area contributed by atoms with Crippen LogP contribution in [0.1, 0.15) is 11.1 Å². The van der Waals surface area contributed by atoms with Gasteiger partial charge in [-0.3, -0.25) is 0 Å². The SMILES string of the molecule is Cc1ccc(C)c(Nc2ccc(N)nc2)c1. The van der Waals surface area contributed by atoms with Crippen molar-refractivity contribution >= 4 is 17.2 Å². The topological polar surface area (TPSA) is 50.9 Å². The molecule has 2 rings (SSSR count). The van der Waals surface area contributed by atoms with Gasteiger partial charge < -0.3 is 11.1 Å². The van der Waals surface area contributed by atoms with Crippen LogP contribution in [0.25, 0.3) is 0 Å². The average Bonchev–Trinajstić information content (AvgIpc) is 2.27. The van der Waals surface area contributed by atoms with E-state index in [-0.39, 0.29) is 0 Å². The van der Waals surface area contributed by atoms with E-state index in [0.29, 0.717) is 5.82 Å². The van der Waals surface area contributed by atoms with Crippen molar-refractivity contribution in [3.63, 3.8) is 0 Å². The second-order valence-corrected chi connectivity index (χ2v) is 3.92. The zero-order valence-electron chi connectivity index (χ0n) is 9.49. The third-order valence-electron chi connectivity index (χ3n) is 2.46. The van der Waals surface area contributed by atoms with Gasteiger partial charge in [-0.1, -0.05) is 12.1 Å². The van der Waals surface area contributed by atoms with E-state index in [4.69, 9.17) is 5.73 Å². The molecule has 0 saturated heterocycles. The molecule has 0 aliphatic rings. The third-order valence-corrected chi connectivity index (χ3v) is 2.46. The van der Waals surface area contributed by atoms with E-state index in [9.17, 15) is 0 Å². The Balaban J connectivity index is 2.26. The zero-order chi connectivity index (χ0) is 11.5. The summed E-state index contributed by atoms with van der Waals surface area (Å²) in [6.07, 6.45) is 1.73. The second kappa shape index (κ2) is 4.23. The number of nitrogens with two attached hydrogens (primary N) is 1. The Hall–Kier alpha value is -2.03. The molecular weight excluding hydrogens is 198 g/mol. The summed E-state index contributed by atoms with van der Waals surface area (Å²) < 4.78 is 0. The highest BCUT2D eigenvalue weighted by molar-refractivity contribution is 5.63. The van der Waals surface area contributed by atoms with E-state index in [1.807, 2.05) is 6.07 Å². The molecule has 3 nitrogen and oxygen atoms in total. The van der Waals surface area contributed by atoms with Crippen LogP contribution in [-0.2, 0) is 0 Å². The van der Waals surface area contributed by atoms with E-state index in [1.165, 1.54) is 11.1 Å². The van der Waals surface area contributed by atoms with Crippen molar-refractivity contribution in [1.82, 2.24) is 4.98 Å². The largest absolute Gasteiger partial charge is 0.384 e. The van der Waals surface area contributed by atoms with E-state index < -0.39 is 0 Å². The monoisotopic (exact) mass is 213 g/mol. The molecule has 0 radical (unpaired) electrons.